The maximum absolute atomic E-state index is 13.1. The van der Waals surface area contributed by atoms with E-state index in [-0.39, 0.29) is 18.6 Å². The van der Waals surface area contributed by atoms with Crippen LogP contribution in [0.1, 0.15) is 47.4 Å². The fraction of sp³-hybridized carbons (Fsp3) is 0.286. The van der Waals surface area contributed by atoms with E-state index in [0.29, 0.717) is 29.4 Å². The van der Waals surface area contributed by atoms with Gasteiger partial charge in [-0.05, 0) is 43.7 Å². The number of hydrogen-bond acceptors (Lipinski definition) is 4. The van der Waals surface area contributed by atoms with Gasteiger partial charge in [-0.1, -0.05) is 28.1 Å². The number of aromatic nitrogens is 2. The van der Waals surface area contributed by atoms with E-state index >= 15 is 0 Å². The molecule has 1 N–H and O–H groups in total. The molecule has 2 aromatic heterocycles. The number of Topliss-reactive ketones (excluding diaryl/α,β-unsaturated/α-hetero) is 1. The summed E-state index contributed by atoms with van der Waals surface area (Å²) in [4.78, 5) is 29.0. The number of carbonyl (C=O) groups excluding carboxylic acids is 1. The molecule has 146 valence electrons. The van der Waals surface area contributed by atoms with Crippen LogP contribution in [0.3, 0.4) is 0 Å². The van der Waals surface area contributed by atoms with E-state index < -0.39 is 11.9 Å². The summed E-state index contributed by atoms with van der Waals surface area (Å²) in [5.74, 6) is -0.887. The van der Waals surface area contributed by atoms with Gasteiger partial charge in [0.2, 0.25) is 0 Å². The lowest BCUT2D eigenvalue weighted by Gasteiger charge is -2.15. The van der Waals surface area contributed by atoms with Gasteiger partial charge >= 0.3 is 5.97 Å². The predicted molar refractivity (Wildman–Crippen MR) is 109 cm³/mol. The molecule has 1 aromatic carbocycles. The quantitative estimate of drug-likeness (QED) is 0.512. The average molecular weight is 445 g/mol. The van der Waals surface area contributed by atoms with Crippen molar-refractivity contribution in [1.29, 1.82) is 0 Å². The van der Waals surface area contributed by atoms with Gasteiger partial charge in [-0.15, -0.1) is 0 Å². The molecule has 7 heteroatoms. The van der Waals surface area contributed by atoms with Crippen LogP contribution in [0.4, 0.5) is 0 Å². The van der Waals surface area contributed by atoms with Crippen molar-refractivity contribution < 1.29 is 19.4 Å². The number of carboxylic acids is 1. The molecule has 0 bridgehead atoms. The van der Waals surface area contributed by atoms with Crippen LogP contribution in [0.15, 0.2) is 47.1 Å². The zero-order chi connectivity index (χ0) is 20.3. The van der Waals surface area contributed by atoms with Gasteiger partial charge in [-0.3, -0.25) is 14.0 Å². The number of carboxylic acid groups (broad SMARTS) is 1. The molecule has 0 aliphatic heterocycles. The van der Waals surface area contributed by atoms with Crippen molar-refractivity contribution in [1.82, 2.24) is 9.38 Å². The number of benzene rings is 1. The summed E-state index contributed by atoms with van der Waals surface area (Å²) in [6, 6.07) is 11.0. The lowest BCUT2D eigenvalue weighted by atomic mass is 9.90. The average Bonchev–Trinajstić information content (AvgIpc) is 2.98. The van der Waals surface area contributed by atoms with Gasteiger partial charge in [0.15, 0.2) is 17.2 Å². The third-order valence-electron chi connectivity index (χ3n) is 4.55. The zero-order valence-electron chi connectivity index (χ0n) is 15.7. The van der Waals surface area contributed by atoms with Gasteiger partial charge < -0.3 is 9.84 Å². The molecular formula is C21H21BrN2O4. The Bertz CT molecular complexity index is 1010. The first kappa shape index (κ1) is 20.1. The van der Waals surface area contributed by atoms with Crippen molar-refractivity contribution in [3.05, 3.63) is 64.0 Å². The van der Waals surface area contributed by atoms with Crippen LogP contribution in [-0.2, 0) is 4.79 Å². The van der Waals surface area contributed by atoms with E-state index in [2.05, 4.69) is 20.9 Å². The molecule has 0 saturated heterocycles. The van der Waals surface area contributed by atoms with Crippen molar-refractivity contribution in [2.24, 2.45) is 0 Å². The van der Waals surface area contributed by atoms with Crippen LogP contribution in [0.5, 0.6) is 5.75 Å². The maximum Gasteiger partial charge on any atom is 0.303 e. The number of ketones is 1. The van der Waals surface area contributed by atoms with Crippen molar-refractivity contribution in [2.75, 3.05) is 6.61 Å². The molecule has 1 atom stereocenters. The van der Waals surface area contributed by atoms with Gasteiger partial charge in [0.1, 0.15) is 5.69 Å². The number of pyridine rings is 1. The maximum atomic E-state index is 13.1. The lowest BCUT2D eigenvalue weighted by molar-refractivity contribution is -0.137. The van der Waals surface area contributed by atoms with Crippen molar-refractivity contribution >= 4 is 33.3 Å². The van der Waals surface area contributed by atoms with Gasteiger partial charge in [0.05, 0.1) is 18.7 Å². The number of hydrogen-bond donors (Lipinski definition) is 1. The molecule has 0 aliphatic rings. The van der Waals surface area contributed by atoms with Gasteiger partial charge in [-0.2, -0.15) is 0 Å². The van der Waals surface area contributed by atoms with Crippen LogP contribution in [-0.4, -0.2) is 32.9 Å². The minimum atomic E-state index is -0.936. The predicted octanol–water partition coefficient (Wildman–Crippen LogP) is 4.64. The molecule has 0 radical (unpaired) electrons. The molecule has 0 amide bonds. The summed E-state index contributed by atoms with van der Waals surface area (Å²) in [7, 11) is 0. The molecule has 3 aromatic rings. The van der Waals surface area contributed by atoms with E-state index in [1.54, 1.807) is 23.6 Å². The Labute approximate surface area is 171 Å². The monoisotopic (exact) mass is 444 g/mol. The fourth-order valence-electron chi connectivity index (χ4n) is 3.33. The van der Waals surface area contributed by atoms with Gasteiger partial charge in [0.25, 0.3) is 0 Å². The van der Waals surface area contributed by atoms with Gasteiger partial charge in [-0.25, -0.2) is 4.98 Å². The van der Waals surface area contributed by atoms with Crippen LogP contribution in [0.2, 0.25) is 0 Å². The highest BCUT2D eigenvalue weighted by Gasteiger charge is 2.24. The Morgan fingerprint density at radius 1 is 1.21 bits per heavy atom. The topological polar surface area (TPSA) is 80.9 Å². The minimum Gasteiger partial charge on any atom is -0.490 e. The second kappa shape index (κ2) is 8.56. The highest BCUT2D eigenvalue weighted by atomic mass is 79.9. The van der Waals surface area contributed by atoms with Crippen LogP contribution < -0.4 is 4.74 Å². The SMILES string of the molecule is CCOc1cccn2c(C(=O)CC(CC(=O)O)c3ccc(Br)cc3)c(C)nc12. The van der Waals surface area contributed by atoms with E-state index in [1.807, 2.05) is 37.3 Å². The number of rotatable bonds is 8. The molecule has 0 fully saturated rings. The first-order valence-corrected chi connectivity index (χ1v) is 9.81. The number of ether oxygens (including phenoxy) is 1. The largest absolute Gasteiger partial charge is 0.490 e. The highest BCUT2D eigenvalue weighted by Crippen LogP contribution is 2.29. The highest BCUT2D eigenvalue weighted by molar-refractivity contribution is 9.10. The normalized spacial score (nSPS) is 12.1. The molecule has 2 heterocycles. The van der Waals surface area contributed by atoms with E-state index in [1.165, 1.54) is 0 Å². The lowest BCUT2D eigenvalue weighted by Crippen LogP contribution is -2.14. The summed E-state index contributed by atoms with van der Waals surface area (Å²) in [6.45, 7) is 4.17. The fourth-order valence-corrected chi connectivity index (χ4v) is 3.60. The molecular weight excluding hydrogens is 424 g/mol. The molecule has 0 spiro atoms. The molecule has 0 aliphatic carbocycles. The Morgan fingerprint density at radius 2 is 1.93 bits per heavy atom. The zero-order valence-corrected chi connectivity index (χ0v) is 17.3. The standard InChI is InChI=1S/C21H21BrN2O4/c1-3-28-18-5-4-10-24-20(13(2)23-21(18)24)17(25)11-15(12-19(26)27)14-6-8-16(22)9-7-14/h4-10,15H,3,11-12H2,1-2H3,(H,26,27). The minimum absolute atomic E-state index is 0.0848. The third kappa shape index (κ3) is 4.25. The van der Waals surface area contributed by atoms with Crippen molar-refractivity contribution in [3.63, 3.8) is 0 Å². The summed E-state index contributed by atoms with van der Waals surface area (Å²) in [6.07, 6.45) is 1.74. The second-order valence-corrected chi connectivity index (χ2v) is 7.43. The number of aryl methyl sites for hydroxylation is 1. The smallest absolute Gasteiger partial charge is 0.303 e. The van der Waals surface area contributed by atoms with Crippen LogP contribution >= 0.6 is 15.9 Å². The molecule has 28 heavy (non-hydrogen) atoms. The van der Waals surface area contributed by atoms with Crippen molar-refractivity contribution in [2.45, 2.75) is 32.6 Å². The molecule has 0 saturated carbocycles. The number of fused-ring (bicyclic) bond motifs is 1. The van der Waals surface area contributed by atoms with E-state index in [9.17, 15) is 14.7 Å². The number of aliphatic carboxylic acids is 1. The summed E-state index contributed by atoms with van der Waals surface area (Å²) < 4.78 is 8.23. The van der Waals surface area contributed by atoms with Crippen LogP contribution in [0, 0.1) is 6.92 Å². The summed E-state index contributed by atoms with van der Waals surface area (Å²) >= 11 is 3.38. The summed E-state index contributed by atoms with van der Waals surface area (Å²) in [5, 5.41) is 9.31. The second-order valence-electron chi connectivity index (χ2n) is 6.52. The first-order valence-electron chi connectivity index (χ1n) is 9.01. The third-order valence-corrected chi connectivity index (χ3v) is 5.08. The van der Waals surface area contributed by atoms with Gasteiger partial charge in [0, 0.05) is 23.0 Å². The number of carbonyl (C=O) groups is 2. The van der Waals surface area contributed by atoms with E-state index in [0.717, 1.165) is 10.0 Å². The Hall–Kier alpha value is -2.67. The Kier molecular flexibility index (Phi) is 6.14. The number of imidazole rings is 1. The molecule has 1 unspecified atom stereocenters. The summed E-state index contributed by atoms with van der Waals surface area (Å²) in [5.41, 5.74) is 2.47. The number of nitrogens with zero attached hydrogens (tertiary/aromatic N) is 2. The Morgan fingerprint density at radius 3 is 2.57 bits per heavy atom. The Balaban J connectivity index is 1.95. The molecule has 6 nitrogen and oxygen atoms in total. The van der Waals surface area contributed by atoms with E-state index in [4.69, 9.17) is 4.74 Å². The number of halogens is 1. The van der Waals surface area contributed by atoms with Crippen LogP contribution in [0.25, 0.3) is 5.65 Å². The molecule has 3 rings (SSSR count). The first-order chi connectivity index (χ1) is 13.4. The van der Waals surface area contributed by atoms with Crippen molar-refractivity contribution in [3.8, 4) is 5.75 Å².